The maximum atomic E-state index is 12.8. The van der Waals surface area contributed by atoms with E-state index < -0.39 is 0 Å². The Bertz CT molecular complexity index is 996. The third-order valence-corrected chi connectivity index (χ3v) is 8.42. The van der Waals surface area contributed by atoms with Gasteiger partial charge in [0.25, 0.3) is 0 Å². The number of rotatable bonds is 5. The van der Waals surface area contributed by atoms with Crippen LogP contribution in [0.15, 0.2) is 29.4 Å². The molecule has 5 nitrogen and oxygen atoms in total. The van der Waals surface area contributed by atoms with E-state index in [0.29, 0.717) is 5.92 Å². The van der Waals surface area contributed by atoms with E-state index in [-0.39, 0.29) is 17.2 Å². The van der Waals surface area contributed by atoms with Crippen molar-refractivity contribution in [1.29, 1.82) is 0 Å². The van der Waals surface area contributed by atoms with Gasteiger partial charge in [0.2, 0.25) is 10.9 Å². The van der Waals surface area contributed by atoms with Gasteiger partial charge >= 0.3 is 0 Å². The molecule has 2 fully saturated rings. The Morgan fingerprint density at radius 2 is 2.11 bits per heavy atom. The second kappa shape index (κ2) is 6.78. The molecule has 5 unspecified atom stereocenters. The Morgan fingerprint density at radius 3 is 2.89 bits per heavy atom. The summed E-state index contributed by atoms with van der Waals surface area (Å²) in [6.07, 6.45) is 5.41. The number of amides is 1. The second-order valence-corrected chi connectivity index (χ2v) is 10.4. The van der Waals surface area contributed by atoms with E-state index in [1.54, 1.807) is 11.3 Å². The second-order valence-electron chi connectivity index (χ2n) is 8.07. The molecule has 2 aliphatic rings. The van der Waals surface area contributed by atoms with Crippen molar-refractivity contribution < 1.29 is 4.79 Å². The highest BCUT2D eigenvalue weighted by molar-refractivity contribution is 8.00. The number of nitrogens with one attached hydrogen (secondary N) is 1. The lowest BCUT2D eigenvalue weighted by Gasteiger charge is -2.29. The summed E-state index contributed by atoms with van der Waals surface area (Å²) < 4.78 is 3.25. The molecule has 0 radical (unpaired) electrons. The first kappa shape index (κ1) is 17.5. The quantitative estimate of drug-likeness (QED) is 0.646. The molecule has 5 atom stereocenters. The van der Waals surface area contributed by atoms with Gasteiger partial charge in [-0.15, -0.1) is 10.2 Å². The first-order valence-corrected chi connectivity index (χ1v) is 11.5. The first-order chi connectivity index (χ1) is 13.1. The molecule has 2 bridgehead atoms. The molecule has 0 aliphatic heterocycles. The molecule has 142 valence electrons. The summed E-state index contributed by atoms with van der Waals surface area (Å²) >= 11 is 3.12. The van der Waals surface area contributed by atoms with Crippen molar-refractivity contribution in [3.05, 3.63) is 24.3 Å². The monoisotopic (exact) mass is 400 g/mol. The van der Waals surface area contributed by atoms with Crippen LogP contribution in [0.25, 0.3) is 15.2 Å². The van der Waals surface area contributed by atoms with Gasteiger partial charge in [-0.2, -0.15) is 0 Å². The molecule has 0 spiro atoms. The van der Waals surface area contributed by atoms with Crippen LogP contribution in [0.4, 0.5) is 0 Å². The van der Waals surface area contributed by atoms with Crippen molar-refractivity contribution in [2.45, 2.75) is 56.0 Å². The number of carbonyl (C=O) groups excluding carboxylic acids is 1. The van der Waals surface area contributed by atoms with E-state index in [2.05, 4.69) is 39.0 Å². The van der Waals surface area contributed by atoms with E-state index in [9.17, 15) is 4.79 Å². The Morgan fingerprint density at radius 1 is 1.26 bits per heavy atom. The highest BCUT2D eigenvalue weighted by Gasteiger charge is 2.42. The fraction of sp³-hybridized carbons (Fsp3) is 0.550. The zero-order chi connectivity index (χ0) is 18.5. The van der Waals surface area contributed by atoms with E-state index in [4.69, 9.17) is 0 Å². The van der Waals surface area contributed by atoms with Crippen LogP contribution in [0.1, 0.15) is 39.5 Å². The van der Waals surface area contributed by atoms with E-state index in [1.807, 2.05) is 19.1 Å². The van der Waals surface area contributed by atoms with Crippen LogP contribution in [-0.2, 0) is 4.79 Å². The van der Waals surface area contributed by atoms with Gasteiger partial charge in [0, 0.05) is 6.04 Å². The maximum Gasteiger partial charge on any atom is 0.233 e. The minimum atomic E-state index is -0.197. The average Bonchev–Trinajstić information content (AvgIpc) is 3.42. The largest absolute Gasteiger partial charge is 0.352 e. The maximum absolute atomic E-state index is 12.8. The van der Waals surface area contributed by atoms with Crippen molar-refractivity contribution in [2.24, 2.45) is 17.8 Å². The lowest BCUT2D eigenvalue weighted by atomic mass is 9.84. The predicted molar refractivity (Wildman–Crippen MR) is 110 cm³/mol. The Labute approximate surface area is 166 Å². The summed E-state index contributed by atoms with van der Waals surface area (Å²) in [5.74, 6) is 2.49. The van der Waals surface area contributed by atoms with Crippen LogP contribution in [0.3, 0.4) is 0 Å². The van der Waals surface area contributed by atoms with Crippen LogP contribution in [-0.4, -0.2) is 31.8 Å². The molecule has 2 heterocycles. The fourth-order valence-electron chi connectivity index (χ4n) is 5.00. The zero-order valence-corrected chi connectivity index (χ0v) is 17.2. The molecule has 1 amide bonds. The van der Waals surface area contributed by atoms with Crippen LogP contribution in [0.2, 0.25) is 0 Å². The summed E-state index contributed by atoms with van der Waals surface area (Å²) in [5, 5.41) is 12.5. The molecule has 3 aromatic rings. The van der Waals surface area contributed by atoms with Crippen LogP contribution < -0.4 is 5.32 Å². The number of para-hydroxylation sites is 1. The highest BCUT2D eigenvalue weighted by Crippen LogP contribution is 2.49. The number of benzene rings is 1. The van der Waals surface area contributed by atoms with Gasteiger partial charge in [0.15, 0.2) is 5.16 Å². The highest BCUT2D eigenvalue weighted by atomic mass is 32.2. The standard InChI is InChI=1S/C20H24N4OS2/c1-11(15-10-13-7-8-14(15)9-13)21-18(25)12(2)26-19-22-23-20-24(19)16-5-3-4-6-17(16)27-20/h3-6,11-15H,7-10H2,1-2H3,(H,21,25). The van der Waals surface area contributed by atoms with Gasteiger partial charge in [-0.05, 0) is 63.0 Å². The molecule has 0 saturated heterocycles. The molecular weight excluding hydrogens is 376 g/mol. The molecule has 2 aliphatic carbocycles. The van der Waals surface area contributed by atoms with Gasteiger partial charge in [0.05, 0.1) is 15.5 Å². The molecule has 7 heteroatoms. The van der Waals surface area contributed by atoms with Gasteiger partial charge < -0.3 is 5.32 Å². The Kier molecular flexibility index (Phi) is 4.39. The number of thioether (sulfide) groups is 1. The van der Waals surface area contributed by atoms with E-state index >= 15 is 0 Å². The van der Waals surface area contributed by atoms with Gasteiger partial charge in [0.1, 0.15) is 0 Å². The summed E-state index contributed by atoms with van der Waals surface area (Å²) in [7, 11) is 0. The van der Waals surface area contributed by atoms with Crippen molar-refractivity contribution in [1.82, 2.24) is 19.9 Å². The van der Waals surface area contributed by atoms with Crippen LogP contribution >= 0.6 is 23.1 Å². The zero-order valence-electron chi connectivity index (χ0n) is 15.6. The molecule has 2 aromatic heterocycles. The van der Waals surface area contributed by atoms with Crippen molar-refractivity contribution in [2.75, 3.05) is 0 Å². The summed E-state index contributed by atoms with van der Waals surface area (Å²) in [4.78, 5) is 13.7. The molecule has 1 N–H and O–H groups in total. The third-order valence-electron chi connectivity index (χ3n) is 6.37. The minimum Gasteiger partial charge on any atom is -0.352 e. The molecule has 27 heavy (non-hydrogen) atoms. The first-order valence-electron chi connectivity index (χ1n) is 9.80. The van der Waals surface area contributed by atoms with Gasteiger partial charge in [-0.1, -0.05) is 41.7 Å². The van der Waals surface area contributed by atoms with Gasteiger partial charge in [-0.25, -0.2) is 0 Å². The van der Waals surface area contributed by atoms with Crippen molar-refractivity contribution in [3.8, 4) is 0 Å². The summed E-state index contributed by atoms with van der Waals surface area (Å²) in [6, 6.07) is 8.49. The number of thiazole rings is 1. The number of hydrogen-bond donors (Lipinski definition) is 1. The number of carbonyl (C=O) groups is 1. The van der Waals surface area contributed by atoms with Gasteiger partial charge in [-0.3, -0.25) is 9.20 Å². The average molecular weight is 401 g/mol. The molecular formula is C20H24N4OS2. The van der Waals surface area contributed by atoms with Crippen molar-refractivity contribution in [3.63, 3.8) is 0 Å². The Hall–Kier alpha value is -1.60. The summed E-state index contributed by atoms with van der Waals surface area (Å²) in [6.45, 7) is 4.14. The third kappa shape index (κ3) is 3.05. The fourth-order valence-corrected chi connectivity index (χ4v) is 6.89. The molecule has 1 aromatic carbocycles. The number of nitrogens with zero attached hydrogens (tertiary/aromatic N) is 3. The van der Waals surface area contributed by atoms with E-state index in [1.165, 1.54) is 42.1 Å². The SMILES string of the molecule is CC(Sc1nnc2sc3ccccc3n12)C(=O)NC(C)C1CC2CCC1C2. The molecule has 5 rings (SSSR count). The normalized spacial score (nSPS) is 26.7. The lowest BCUT2D eigenvalue weighted by Crippen LogP contribution is -2.43. The topological polar surface area (TPSA) is 59.3 Å². The predicted octanol–water partition coefficient (Wildman–Crippen LogP) is 4.37. The molecule has 2 saturated carbocycles. The number of fused-ring (bicyclic) bond motifs is 5. The van der Waals surface area contributed by atoms with Crippen molar-refractivity contribution >= 4 is 44.2 Å². The smallest absolute Gasteiger partial charge is 0.233 e. The minimum absolute atomic E-state index is 0.103. The van der Waals surface area contributed by atoms with E-state index in [0.717, 1.165) is 27.5 Å². The van der Waals surface area contributed by atoms with Crippen LogP contribution in [0, 0.1) is 17.8 Å². The summed E-state index contributed by atoms with van der Waals surface area (Å²) in [5.41, 5.74) is 1.10. The Balaban J connectivity index is 1.29. The number of hydrogen-bond acceptors (Lipinski definition) is 5. The lowest BCUT2D eigenvalue weighted by molar-refractivity contribution is -0.121. The number of aromatic nitrogens is 3. The van der Waals surface area contributed by atoms with Crippen LogP contribution in [0.5, 0.6) is 0 Å².